The molecule has 0 amide bonds. The Kier molecular flexibility index (Phi) is 5.22. The van der Waals surface area contributed by atoms with Crippen LogP contribution in [0, 0.1) is 11.6 Å². The molecule has 10 nitrogen and oxygen atoms in total. The fourth-order valence-corrected chi connectivity index (χ4v) is 5.44. The summed E-state index contributed by atoms with van der Waals surface area (Å²) in [5.41, 5.74) is 1.32. The third-order valence-electron chi connectivity index (χ3n) is 4.36. The molecule has 32 heavy (non-hydrogen) atoms. The van der Waals surface area contributed by atoms with Crippen LogP contribution in [-0.2, 0) is 17.1 Å². The number of aryl methyl sites for hydroxylation is 1. The van der Waals surface area contributed by atoms with Gasteiger partial charge in [-0.25, -0.2) is 31.5 Å². The van der Waals surface area contributed by atoms with Crippen molar-refractivity contribution in [2.24, 2.45) is 7.05 Å². The predicted molar refractivity (Wildman–Crippen MR) is 115 cm³/mol. The van der Waals surface area contributed by atoms with Crippen LogP contribution in [0.15, 0.2) is 44.3 Å². The van der Waals surface area contributed by atoms with E-state index in [0.29, 0.717) is 6.07 Å². The molecule has 0 atom stereocenters. The lowest BCUT2D eigenvalue weighted by Gasteiger charge is -2.14. The highest BCUT2D eigenvalue weighted by Gasteiger charge is 2.25. The van der Waals surface area contributed by atoms with Gasteiger partial charge in [-0.1, -0.05) is 11.6 Å². The van der Waals surface area contributed by atoms with E-state index >= 15 is 4.39 Å². The molecule has 3 aromatic heterocycles. The maximum Gasteiger partial charge on any atom is 0.337 e. The molecule has 166 valence electrons. The quantitative estimate of drug-likeness (QED) is 0.435. The molecule has 0 radical (unpaired) electrons. The number of fused-ring (bicyclic) bond motifs is 1. The van der Waals surface area contributed by atoms with Gasteiger partial charge in [0.25, 0.3) is 15.6 Å². The van der Waals surface area contributed by atoms with Gasteiger partial charge in [0.1, 0.15) is 15.3 Å². The van der Waals surface area contributed by atoms with Crippen LogP contribution in [0.5, 0.6) is 0 Å². The van der Waals surface area contributed by atoms with Crippen molar-refractivity contribution in [1.82, 2.24) is 19.1 Å². The third-order valence-corrected chi connectivity index (χ3v) is 7.45. The normalized spacial score (nSPS) is 11.8. The van der Waals surface area contributed by atoms with Crippen molar-refractivity contribution in [2.75, 3.05) is 10.5 Å². The van der Waals surface area contributed by atoms with Crippen molar-refractivity contribution in [1.29, 1.82) is 0 Å². The van der Waals surface area contributed by atoms with Gasteiger partial charge >= 0.3 is 5.69 Å². The summed E-state index contributed by atoms with van der Waals surface area (Å²) in [5.74, 6) is -2.97. The summed E-state index contributed by atoms with van der Waals surface area (Å²) in [6.45, 7) is 0. The third kappa shape index (κ3) is 3.51. The Hall–Kier alpha value is -3.36. The Morgan fingerprint density at radius 2 is 1.91 bits per heavy atom. The van der Waals surface area contributed by atoms with E-state index in [1.54, 1.807) is 0 Å². The first-order chi connectivity index (χ1) is 15.0. The van der Waals surface area contributed by atoms with Crippen molar-refractivity contribution >= 4 is 55.6 Å². The highest BCUT2D eigenvalue weighted by atomic mass is 35.5. The molecule has 4 aromatic rings. The van der Waals surface area contributed by atoms with Crippen LogP contribution >= 0.6 is 22.9 Å². The molecule has 0 saturated carbocycles. The van der Waals surface area contributed by atoms with Gasteiger partial charge in [0, 0.05) is 13.2 Å². The zero-order chi connectivity index (χ0) is 23.4. The van der Waals surface area contributed by atoms with E-state index in [1.165, 1.54) is 19.2 Å². The fourth-order valence-electron chi connectivity index (χ4n) is 2.90. The molecule has 0 spiro atoms. The summed E-state index contributed by atoms with van der Waals surface area (Å²) >= 11 is 6.46. The molecule has 1 aromatic carbocycles. The van der Waals surface area contributed by atoms with E-state index in [4.69, 9.17) is 17.3 Å². The van der Waals surface area contributed by atoms with E-state index in [-0.39, 0.29) is 30.1 Å². The second kappa shape index (κ2) is 7.65. The van der Waals surface area contributed by atoms with Crippen LogP contribution in [-0.4, -0.2) is 27.5 Å². The van der Waals surface area contributed by atoms with Crippen LogP contribution in [0.3, 0.4) is 0 Å². The van der Waals surface area contributed by atoms with Gasteiger partial charge < -0.3 is 5.73 Å². The van der Waals surface area contributed by atoms with Crippen molar-refractivity contribution in [3.05, 3.63) is 67.3 Å². The number of nitrogen functional groups attached to an aromatic ring is 1. The van der Waals surface area contributed by atoms with E-state index in [2.05, 4.69) is 9.97 Å². The molecular formula is C17H11ClF2N6O4S2. The van der Waals surface area contributed by atoms with E-state index in [1.807, 2.05) is 4.72 Å². The molecule has 0 aliphatic carbocycles. The van der Waals surface area contributed by atoms with Crippen LogP contribution < -0.4 is 21.7 Å². The van der Waals surface area contributed by atoms with Crippen molar-refractivity contribution in [3.8, 4) is 5.69 Å². The van der Waals surface area contributed by atoms with Gasteiger partial charge in [-0.05, 0) is 24.3 Å². The number of anilines is 2. The van der Waals surface area contributed by atoms with E-state index < -0.39 is 44.3 Å². The predicted octanol–water partition coefficient (Wildman–Crippen LogP) is 1.86. The van der Waals surface area contributed by atoms with Gasteiger partial charge in [0.2, 0.25) is 5.95 Å². The molecule has 4 rings (SSSR count). The number of thiophene rings is 1. The second-order valence-corrected chi connectivity index (χ2v) is 9.99. The standard InChI is InChI=1S/C17H11ClF2N6O4S2/c1-25-14-7(6-22-16(21)23-14)15(27)26(17(25)28)13-8(19)2-3-9(12(13)20)24-32(29,30)11-5-4-10(18)31-11/h2-6,24H,1H3,(H2,21,22,23). The lowest BCUT2D eigenvalue weighted by atomic mass is 10.2. The topological polar surface area (TPSA) is 142 Å². The Bertz CT molecular complexity index is 1630. The molecule has 0 fully saturated rings. The molecule has 0 aliphatic rings. The number of nitrogens with two attached hydrogens (primary N) is 1. The number of halogens is 3. The monoisotopic (exact) mass is 500 g/mol. The largest absolute Gasteiger partial charge is 0.368 e. The van der Waals surface area contributed by atoms with Gasteiger partial charge in [-0.3, -0.25) is 14.1 Å². The van der Waals surface area contributed by atoms with Crippen LogP contribution in [0.2, 0.25) is 4.34 Å². The first-order valence-corrected chi connectivity index (χ1v) is 11.2. The molecule has 3 heterocycles. The number of benzene rings is 1. The summed E-state index contributed by atoms with van der Waals surface area (Å²) in [6, 6.07) is 4.07. The highest BCUT2D eigenvalue weighted by molar-refractivity contribution is 7.94. The molecule has 0 bridgehead atoms. The van der Waals surface area contributed by atoms with Crippen molar-refractivity contribution in [3.63, 3.8) is 0 Å². The Morgan fingerprint density at radius 1 is 1.19 bits per heavy atom. The second-order valence-electron chi connectivity index (χ2n) is 6.37. The number of rotatable bonds is 4. The van der Waals surface area contributed by atoms with E-state index in [0.717, 1.165) is 28.2 Å². The van der Waals surface area contributed by atoms with Crippen molar-refractivity contribution < 1.29 is 17.2 Å². The fraction of sp³-hybridized carbons (Fsp3) is 0.0588. The van der Waals surface area contributed by atoms with Gasteiger partial charge in [-0.15, -0.1) is 11.3 Å². The maximum atomic E-state index is 15.3. The minimum Gasteiger partial charge on any atom is -0.368 e. The van der Waals surface area contributed by atoms with Crippen LogP contribution in [0.1, 0.15) is 0 Å². The summed E-state index contributed by atoms with van der Waals surface area (Å²) in [5, 5.41) is -0.237. The van der Waals surface area contributed by atoms with Gasteiger partial charge in [0.05, 0.1) is 10.0 Å². The summed E-state index contributed by atoms with van der Waals surface area (Å²) in [6.07, 6.45) is 1.01. The average Bonchev–Trinajstić information content (AvgIpc) is 3.18. The molecule has 0 saturated heterocycles. The smallest absolute Gasteiger partial charge is 0.337 e. The number of hydrogen-bond acceptors (Lipinski definition) is 8. The zero-order valence-electron chi connectivity index (χ0n) is 15.8. The number of sulfonamides is 1. The highest BCUT2D eigenvalue weighted by Crippen LogP contribution is 2.29. The zero-order valence-corrected chi connectivity index (χ0v) is 18.2. The Balaban J connectivity index is 1.95. The van der Waals surface area contributed by atoms with E-state index in [9.17, 15) is 22.4 Å². The molecule has 0 aliphatic heterocycles. The SMILES string of the molecule is Cn1c(=O)n(-c2c(F)ccc(NS(=O)(=O)c3ccc(Cl)s3)c2F)c(=O)c2cnc(N)nc21. The maximum absolute atomic E-state index is 15.3. The first kappa shape index (κ1) is 21.9. The molecular weight excluding hydrogens is 490 g/mol. The summed E-state index contributed by atoms with van der Waals surface area (Å²) in [7, 11) is -3.06. The van der Waals surface area contributed by atoms with Crippen LogP contribution in [0.4, 0.5) is 20.4 Å². The first-order valence-electron chi connectivity index (χ1n) is 8.52. The molecule has 3 N–H and O–H groups in total. The Morgan fingerprint density at radius 3 is 2.56 bits per heavy atom. The van der Waals surface area contributed by atoms with Gasteiger partial charge in [0.15, 0.2) is 17.3 Å². The molecule has 0 unspecified atom stereocenters. The number of hydrogen-bond donors (Lipinski definition) is 2. The average molecular weight is 501 g/mol. The van der Waals surface area contributed by atoms with Crippen molar-refractivity contribution in [2.45, 2.75) is 4.21 Å². The minimum atomic E-state index is -4.28. The van der Waals surface area contributed by atoms with Gasteiger partial charge in [-0.2, -0.15) is 4.98 Å². The molecule has 15 heteroatoms. The summed E-state index contributed by atoms with van der Waals surface area (Å²) in [4.78, 5) is 33.1. The summed E-state index contributed by atoms with van der Waals surface area (Å²) < 4.78 is 58.0. The number of aromatic nitrogens is 4. The number of nitrogens with zero attached hydrogens (tertiary/aromatic N) is 4. The lowest BCUT2D eigenvalue weighted by molar-refractivity contribution is 0.560. The number of nitrogens with one attached hydrogen (secondary N) is 1. The Labute approximate surface area is 186 Å². The lowest BCUT2D eigenvalue weighted by Crippen LogP contribution is -2.39. The van der Waals surface area contributed by atoms with Crippen LogP contribution in [0.25, 0.3) is 16.7 Å². The minimum absolute atomic E-state index is 0.143.